The number of halogens is 1. The highest BCUT2D eigenvalue weighted by Gasteiger charge is 2.16. The van der Waals surface area contributed by atoms with E-state index < -0.39 is 0 Å². The summed E-state index contributed by atoms with van der Waals surface area (Å²) in [5.74, 6) is 0.613. The Balaban J connectivity index is 2.81. The maximum atomic E-state index is 12.3. The lowest BCUT2D eigenvalue weighted by Gasteiger charge is -2.19. The summed E-state index contributed by atoms with van der Waals surface area (Å²) >= 11 is 3.47. The number of carbonyl (C=O) groups excluding carboxylic acids is 1. The molecule has 1 amide bonds. The first-order valence-corrected chi connectivity index (χ1v) is 7.50. The molecule has 3 heteroatoms. The molecule has 0 aliphatic heterocycles. The van der Waals surface area contributed by atoms with Gasteiger partial charge in [0.05, 0.1) is 0 Å². The normalized spacial score (nSPS) is 12.6. The summed E-state index contributed by atoms with van der Waals surface area (Å²) in [4.78, 5) is 12.3. The molecule has 1 rings (SSSR count). The van der Waals surface area contributed by atoms with Crippen LogP contribution in [0.25, 0.3) is 0 Å². The number of alkyl halides is 1. The van der Waals surface area contributed by atoms with Gasteiger partial charge >= 0.3 is 0 Å². The van der Waals surface area contributed by atoms with E-state index >= 15 is 0 Å². The summed E-state index contributed by atoms with van der Waals surface area (Å²) in [6.07, 6.45) is 0.988. The molecule has 0 heterocycles. The van der Waals surface area contributed by atoms with E-state index in [4.69, 9.17) is 0 Å². The van der Waals surface area contributed by atoms with Gasteiger partial charge in [0.25, 0.3) is 5.91 Å². The van der Waals surface area contributed by atoms with Crippen molar-refractivity contribution in [3.05, 3.63) is 34.9 Å². The zero-order valence-corrected chi connectivity index (χ0v) is 13.2. The van der Waals surface area contributed by atoms with Crippen molar-refractivity contribution >= 4 is 21.8 Å². The van der Waals surface area contributed by atoms with Crippen molar-refractivity contribution in [2.75, 3.05) is 5.33 Å². The molecule has 18 heavy (non-hydrogen) atoms. The van der Waals surface area contributed by atoms with Gasteiger partial charge < -0.3 is 5.32 Å². The molecule has 0 saturated heterocycles. The summed E-state index contributed by atoms with van der Waals surface area (Å²) in [6.45, 7) is 8.29. The fraction of sp³-hybridized carbons (Fsp3) is 0.533. The lowest BCUT2D eigenvalue weighted by atomic mass is 10.0. The van der Waals surface area contributed by atoms with E-state index in [1.165, 1.54) is 0 Å². The van der Waals surface area contributed by atoms with Gasteiger partial charge in [-0.25, -0.2) is 0 Å². The van der Waals surface area contributed by atoms with Crippen LogP contribution in [0.5, 0.6) is 0 Å². The van der Waals surface area contributed by atoms with Crippen LogP contribution in [0.1, 0.15) is 41.8 Å². The van der Waals surface area contributed by atoms with Gasteiger partial charge in [-0.2, -0.15) is 0 Å². The molecule has 0 saturated carbocycles. The first-order valence-electron chi connectivity index (χ1n) is 6.38. The molecule has 2 nitrogen and oxygen atoms in total. The minimum atomic E-state index is 0.0377. The number of aryl methyl sites for hydroxylation is 2. The highest BCUT2D eigenvalue weighted by Crippen LogP contribution is 2.14. The molecule has 1 aromatic rings. The molecular weight excluding hydrogens is 290 g/mol. The lowest BCUT2D eigenvalue weighted by molar-refractivity contribution is 0.0936. The number of carbonyl (C=O) groups is 1. The minimum absolute atomic E-state index is 0.0377. The topological polar surface area (TPSA) is 29.1 Å². The zero-order valence-electron chi connectivity index (χ0n) is 11.6. The maximum absolute atomic E-state index is 12.3. The zero-order chi connectivity index (χ0) is 13.7. The Kier molecular flexibility index (Phi) is 5.86. The number of benzene rings is 1. The third kappa shape index (κ3) is 4.13. The van der Waals surface area contributed by atoms with Crippen molar-refractivity contribution in [1.29, 1.82) is 0 Å². The molecule has 0 aliphatic rings. The number of hydrogen-bond donors (Lipinski definition) is 1. The Labute approximate surface area is 118 Å². The number of rotatable bonds is 5. The van der Waals surface area contributed by atoms with Gasteiger partial charge in [0.15, 0.2) is 0 Å². The van der Waals surface area contributed by atoms with E-state index in [2.05, 4.69) is 35.1 Å². The van der Waals surface area contributed by atoms with Crippen LogP contribution in [-0.2, 0) is 0 Å². The molecular formula is C15H22BrNO. The molecule has 0 spiro atoms. The van der Waals surface area contributed by atoms with Crippen molar-refractivity contribution in [1.82, 2.24) is 5.32 Å². The molecule has 0 bridgehead atoms. The second-order valence-electron chi connectivity index (χ2n) is 5.22. The number of nitrogens with one attached hydrogen (secondary N) is 1. The highest BCUT2D eigenvalue weighted by molar-refractivity contribution is 9.09. The molecule has 1 unspecified atom stereocenters. The van der Waals surface area contributed by atoms with Gasteiger partial charge in [-0.1, -0.05) is 48.0 Å². The Hall–Kier alpha value is -0.830. The van der Waals surface area contributed by atoms with E-state index in [0.29, 0.717) is 5.92 Å². The van der Waals surface area contributed by atoms with Crippen LogP contribution in [0, 0.1) is 19.8 Å². The van der Waals surface area contributed by atoms with E-state index in [-0.39, 0.29) is 11.9 Å². The van der Waals surface area contributed by atoms with Crippen LogP contribution in [-0.4, -0.2) is 17.3 Å². The fourth-order valence-corrected chi connectivity index (χ4v) is 2.59. The van der Waals surface area contributed by atoms with Crippen LogP contribution in [0.4, 0.5) is 0 Å². The fourth-order valence-electron chi connectivity index (χ4n) is 2.16. The molecule has 0 fully saturated rings. The Morgan fingerprint density at radius 2 is 1.83 bits per heavy atom. The van der Waals surface area contributed by atoms with Crippen molar-refractivity contribution in [3.63, 3.8) is 0 Å². The molecule has 100 valence electrons. The standard InChI is InChI=1S/C15H22BrNO/c1-10(2)8-13(9-16)17-15(18)14-11(3)6-5-7-12(14)4/h5-7,10,13H,8-9H2,1-4H3,(H,17,18). The van der Waals surface area contributed by atoms with E-state index in [1.54, 1.807) is 0 Å². The smallest absolute Gasteiger partial charge is 0.252 e. The van der Waals surface area contributed by atoms with Crippen LogP contribution < -0.4 is 5.32 Å². The Morgan fingerprint density at radius 3 is 2.28 bits per heavy atom. The second-order valence-corrected chi connectivity index (χ2v) is 5.87. The summed E-state index contributed by atoms with van der Waals surface area (Å²) in [7, 11) is 0. The SMILES string of the molecule is Cc1cccc(C)c1C(=O)NC(CBr)CC(C)C. The van der Waals surface area contributed by atoms with E-state index in [0.717, 1.165) is 28.4 Å². The third-order valence-corrected chi connectivity index (χ3v) is 3.77. The second kappa shape index (κ2) is 6.93. The third-order valence-electron chi connectivity index (χ3n) is 2.99. The van der Waals surface area contributed by atoms with Gasteiger partial charge in [0.2, 0.25) is 0 Å². The minimum Gasteiger partial charge on any atom is -0.348 e. The summed E-state index contributed by atoms with van der Waals surface area (Å²) in [5, 5.41) is 3.90. The summed E-state index contributed by atoms with van der Waals surface area (Å²) in [5.41, 5.74) is 2.88. The van der Waals surface area contributed by atoms with Gasteiger partial charge in [-0.15, -0.1) is 0 Å². The number of amides is 1. The predicted octanol–water partition coefficient (Wildman–Crippen LogP) is 3.84. The molecule has 0 radical (unpaired) electrons. The van der Waals surface area contributed by atoms with Gasteiger partial charge in [-0.3, -0.25) is 4.79 Å². The summed E-state index contributed by atoms with van der Waals surface area (Å²) in [6, 6.07) is 6.13. The molecule has 1 aromatic carbocycles. The van der Waals surface area contributed by atoms with E-state index in [1.807, 2.05) is 32.0 Å². The largest absolute Gasteiger partial charge is 0.348 e. The predicted molar refractivity (Wildman–Crippen MR) is 80.4 cm³/mol. The molecule has 1 N–H and O–H groups in total. The number of hydrogen-bond acceptors (Lipinski definition) is 1. The molecule has 0 aromatic heterocycles. The Morgan fingerprint density at radius 1 is 1.28 bits per heavy atom. The van der Waals surface area contributed by atoms with Crippen molar-refractivity contribution in [2.45, 2.75) is 40.2 Å². The maximum Gasteiger partial charge on any atom is 0.252 e. The Bertz CT molecular complexity index is 395. The average molecular weight is 312 g/mol. The van der Waals surface area contributed by atoms with Crippen LogP contribution in [0.2, 0.25) is 0 Å². The quantitative estimate of drug-likeness (QED) is 0.822. The van der Waals surface area contributed by atoms with Crippen LogP contribution >= 0.6 is 15.9 Å². The summed E-state index contributed by atoms with van der Waals surface area (Å²) < 4.78 is 0. The highest BCUT2D eigenvalue weighted by atomic mass is 79.9. The van der Waals surface area contributed by atoms with Gasteiger partial charge in [0.1, 0.15) is 0 Å². The van der Waals surface area contributed by atoms with Gasteiger partial charge in [0, 0.05) is 16.9 Å². The van der Waals surface area contributed by atoms with Crippen LogP contribution in [0.15, 0.2) is 18.2 Å². The first-order chi connectivity index (χ1) is 8.45. The van der Waals surface area contributed by atoms with Crippen LogP contribution in [0.3, 0.4) is 0 Å². The lowest BCUT2D eigenvalue weighted by Crippen LogP contribution is -2.37. The monoisotopic (exact) mass is 311 g/mol. The first kappa shape index (κ1) is 15.2. The van der Waals surface area contributed by atoms with Crippen molar-refractivity contribution in [3.8, 4) is 0 Å². The molecule has 0 aliphatic carbocycles. The van der Waals surface area contributed by atoms with Crippen molar-refractivity contribution in [2.24, 2.45) is 5.92 Å². The molecule has 1 atom stereocenters. The van der Waals surface area contributed by atoms with Gasteiger partial charge in [-0.05, 0) is 37.3 Å². The average Bonchev–Trinajstić information content (AvgIpc) is 2.27. The van der Waals surface area contributed by atoms with E-state index in [9.17, 15) is 4.79 Å². The van der Waals surface area contributed by atoms with Crippen molar-refractivity contribution < 1.29 is 4.79 Å².